The maximum atomic E-state index is 11.5. The molecule has 0 aromatic heterocycles. The summed E-state index contributed by atoms with van der Waals surface area (Å²) in [6.45, 7) is 2.23. The molecule has 0 radical (unpaired) electrons. The van der Waals surface area contributed by atoms with Gasteiger partial charge in [-0.1, -0.05) is 0 Å². The van der Waals surface area contributed by atoms with Gasteiger partial charge in [0.2, 0.25) is 5.91 Å². The fourth-order valence-electron chi connectivity index (χ4n) is 1.55. The average Bonchev–Trinajstić information content (AvgIpc) is 2.25. The number of nitrogens with one attached hydrogen (secondary N) is 2. The van der Waals surface area contributed by atoms with Crippen LogP contribution in [0.3, 0.4) is 0 Å². The van der Waals surface area contributed by atoms with Crippen molar-refractivity contribution in [1.82, 2.24) is 10.6 Å². The van der Waals surface area contributed by atoms with Gasteiger partial charge in [-0.25, -0.2) is 4.79 Å². The van der Waals surface area contributed by atoms with Crippen LogP contribution in [0.4, 0.5) is 4.79 Å². The van der Waals surface area contributed by atoms with Gasteiger partial charge in [0.05, 0.1) is 6.54 Å². The molecule has 0 bridgehead atoms. The van der Waals surface area contributed by atoms with E-state index >= 15 is 0 Å². The van der Waals surface area contributed by atoms with E-state index in [2.05, 4.69) is 15.4 Å². The van der Waals surface area contributed by atoms with Gasteiger partial charge < -0.3 is 21.1 Å². The molecule has 1 heterocycles. The predicted molar refractivity (Wildman–Crippen MR) is 54.1 cm³/mol. The lowest BCUT2D eigenvalue weighted by Crippen LogP contribution is -2.39. The van der Waals surface area contributed by atoms with Crippen molar-refractivity contribution < 1.29 is 14.3 Å². The smallest absolute Gasteiger partial charge is 0.404 e. The molecule has 6 heteroatoms. The van der Waals surface area contributed by atoms with Crippen LogP contribution in [0.2, 0.25) is 0 Å². The Morgan fingerprint density at radius 2 is 2.07 bits per heavy atom. The zero-order chi connectivity index (χ0) is 11.1. The van der Waals surface area contributed by atoms with Gasteiger partial charge in [0.1, 0.15) is 6.61 Å². The number of hydrogen-bond acceptors (Lipinski definition) is 4. The van der Waals surface area contributed by atoms with Gasteiger partial charge in [-0.15, -0.1) is 0 Å². The Bertz CT molecular complexity index is 227. The van der Waals surface area contributed by atoms with Crippen molar-refractivity contribution in [3.8, 4) is 0 Å². The van der Waals surface area contributed by atoms with Crippen LogP contribution in [0.25, 0.3) is 0 Å². The lowest BCUT2D eigenvalue weighted by molar-refractivity contribution is -0.125. The molecule has 0 unspecified atom stereocenters. The highest BCUT2D eigenvalue weighted by molar-refractivity contribution is 5.78. The molecule has 1 saturated heterocycles. The predicted octanol–water partition coefficient (Wildman–Crippen LogP) is -0.802. The summed E-state index contributed by atoms with van der Waals surface area (Å²) >= 11 is 0. The van der Waals surface area contributed by atoms with Crippen molar-refractivity contribution in [2.24, 2.45) is 11.7 Å². The van der Waals surface area contributed by atoms with Crippen molar-refractivity contribution in [2.45, 2.75) is 12.8 Å². The molecule has 4 N–H and O–H groups in total. The monoisotopic (exact) mass is 215 g/mol. The summed E-state index contributed by atoms with van der Waals surface area (Å²) in [5, 5.41) is 5.89. The fraction of sp³-hybridized carbons (Fsp3) is 0.778. The van der Waals surface area contributed by atoms with E-state index in [1.165, 1.54) is 0 Å². The molecule has 0 atom stereocenters. The van der Waals surface area contributed by atoms with E-state index < -0.39 is 6.09 Å². The van der Waals surface area contributed by atoms with Crippen molar-refractivity contribution in [3.05, 3.63) is 0 Å². The molecule has 2 amide bonds. The van der Waals surface area contributed by atoms with Gasteiger partial charge in [-0.3, -0.25) is 4.79 Å². The first-order valence-electron chi connectivity index (χ1n) is 5.11. The van der Waals surface area contributed by atoms with Gasteiger partial charge in [0.25, 0.3) is 0 Å². The molecular formula is C9H17N3O3. The first-order chi connectivity index (χ1) is 7.20. The van der Waals surface area contributed by atoms with Gasteiger partial charge in [0.15, 0.2) is 0 Å². The summed E-state index contributed by atoms with van der Waals surface area (Å²) in [6, 6.07) is 0. The Kier molecular flexibility index (Phi) is 4.89. The van der Waals surface area contributed by atoms with E-state index in [-0.39, 0.29) is 18.4 Å². The quantitative estimate of drug-likeness (QED) is 0.535. The zero-order valence-electron chi connectivity index (χ0n) is 8.62. The molecule has 1 aliphatic heterocycles. The fourth-order valence-corrected chi connectivity index (χ4v) is 1.55. The minimum Gasteiger partial charge on any atom is -0.448 e. The van der Waals surface area contributed by atoms with Crippen LogP contribution in [0, 0.1) is 5.92 Å². The van der Waals surface area contributed by atoms with Crippen molar-refractivity contribution >= 4 is 12.0 Å². The van der Waals surface area contributed by atoms with E-state index in [0.29, 0.717) is 6.54 Å². The second-order valence-corrected chi connectivity index (χ2v) is 3.48. The second kappa shape index (κ2) is 6.23. The maximum absolute atomic E-state index is 11.5. The summed E-state index contributed by atoms with van der Waals surface area (Å²) in [4.78, 5) is 21.8. The van der Waals surface area contributed by atoms with E-state index in [1.807, 2.05) is 0 Å². The summed E-state index contributed by atoms with van der Waals surface area (Å²) in [6.07, 6.45) is 0.913. The number of carbonyl (C=O) groups is 2. The molecule has 1 aliphatic rings. The molecule has 0 saturated carbocycles. The Balaban J connectivity index is 2.09. The number of ether oxygens (including phenoxy) is 1. The van der Waals surface area contributed by atoms with Gasteiger partial charge in [-0.2, -0.15) is 0 Å². The van der Waals surface area contributed by atoms with Gasteiger partial charge in [0, 0.05) is 5.92 Å². The minimum absolute atomic E-state index is 0.0320. The second-order valence-electron chi connectivity index (χ2n) is 3.48. The van der Waals surface area contributed by atoms with Crippen LogP contribution >= 0.6 is 0 Å². The van der Waals surface area contributed by atoms with E-state index in [4.69, 9.17) is 5.73 Å². The van der Waals surface area contributed by atoms with Crippen LogP contribution in [-0.2, 0) is 9.53 Å². The van der Waals surface area contributed by atoms with Crippen molar-refractivity contribution in [1.29, 1.82) is 0 Å². The summed E-state index contributed by atoms with van der Waals surface area (Å²) < 4.78 is 4.49. The zero-order valence-corrected chi connectivity index (χ0v) is 8.62. The number of hydrogen-bond donors (Lipinski definition) is 3. The lowest BCUT2D eigenvalue weighted by atomic mass is 9.97. The van der Waals surface area contributed by atoms with E-state index in [0.717, 1.165) is 25.9 Å². The van der Waals surface area contributed by atoms with Gasteiger partial charge >= 0.3 is 6.09 Å². The van der Waals surface area contributed by atoms with Crippen LogP contribution < -0.4 is 16.4 Å². The Morgan fingerprint density at radius 1 is 1.40 bits per heavy atom. The maximum Gasteiger partial charge on any atom is 0.404 e. The highest BCUT2D eigenvalue weighted by Gasteiger charge is 2.20. The van der Waals surface area contributed by atoms with Crippen LogP contribution in [-0.4, -0.2) is 38.2 Å². The molecule has 0 aromatic carbocycles. The normalized spacial score (nSPS) is 17.1. The number of nitrogens with two attached hydrogens (primary N) is 1. The van der Waals surface area contributed by atoms with Crippen LogP contribution in [0.15, 0.2) is 0 Å². The third-order valence-corrected chi connectivity index (χ3v) is 2.36. The largest absolute Gasteiger partial charge is 0.448 e. The summed E-state index contributed by atoms with van der Waals surface area (Å²) in [7, 11) is 0. The SMILES string of the molecule is NC(=O)OCCNC(=O)C1CCNCC1. The number of piperidine rings is 1. The number of carbonyl (C=O) groups excluding carboxylic acids is 2. The molecule has 6 nitrogen and oxygen atoms in total. The molecular weight excluding hydrogens is 198 g/mol. The molecule has 0 spiro atoms. The lowest BCUT2D eigenvalue weighted by Gasteiger charge is -2.21. The topological polar surface area (TPSA) is 93.5 Å². The Labute approximate surface area is 88.5 Å². The molecule has 1 fully saturated rings. The number of rotatable bonds is 4. The Morgan fingerprint density at radius 3 is 2.67 bits per heavy atom. The van der Waals surface area contributed by atoms with Crippen molar-refractivity contribution in [3.63, 3.8) is 0 Å². The highest BCUT2D eigenvalue weighted by Crippen LogP contribution is 2.10. The van der Waals surface area contributed by atoms with Crippen LogP contribution in [0.1, 0.15) is 12.8 Å². The van der Waals surface area contributed by atoms with E-state index in [1.54, 1.807) is 0 Å². The average molecular weight is 215 g/mol. The summed E-state index contributed by atoms with van der Waals surface area (Å²) in [5.74, 6) is 0.115. The third kappa shape index (κ3) is 4.64. The summed E-state index contributed by atoms with van der Waals surface area (Å²) in [5.41, 5.74) is 4.77. The number of primary amides is 1. The van der Waals surface area contributed by atoms with Crippen molar-refractivity contribution in [2.75, 3.05) is 26.2 Å². The molecule has 1 rings (SSSR count). The Hall–Kier alpha value is -1.30. The molecule has 86 valence electrons. The minimum atomic E-state index is -0.814. The van der Waals surface area contributed by atoms with E-state index in [9.17, 15) is 9.59 Å². The molecule has 15 heavy (non-hydrogen) atoms. The third-order valence-electron chi connectivity index (χ3n) is 2.36. The standard InChI is InChI=1S/C9H17N3O3/c10-9(14)15-6-5-12-8(13)7-1-3-11-4-2-7/h7,11H,1-6H2,(H2,10,14)(H,12,13). The highest BCUT2D eigenvalue weighted by atomic mass is 16.5. The molecule has 0 aromatic rings. The molecule has 0 aliphatic carbocycles. The first kappa shape index (κ1) is 11.8. The van der Waals surface area contributed by atoms with Crippen LogP contribution in [0.5, 0.6) is 0 Å². The van der Waals surface area contributed by atoms with Gasteiger partial charge in [-0.05, 0) is 25.9 Å². The number of amides is 2. The first-order valence-corrected chi connectivity index (χ1v) is 5.11.